The van der Waals surface area contributed by atoms with E-state index in [1.54, 1.807) is 17.7 Å². The molecule has 0 atom stereocenters. The van der Waals surface area contributed by atoms with E-state index in [-0.39, 0.29) is 5.97 Å². The standard InChI is InChI=1S/C9H14N2O2/c1-4-7-6-8(10-11(7)3)9(12)13-5-2/h6H,4-5H2,1-3H3/q+1. The van der Waals surface area contributed by atoms with Crippen molar-refractivity contribution in [3.05, 3.63) is 17.8 Å². The van der Waals surface area contributed by atoms with Gasteiger partial charge in [-0.1, -0.05) is 6.92 Å². The highest BCUT2D eigenvalue weighted by Gasteiger charge is 2.29. The molecule has 0 spiro atoms. The van der Waals surface area contributed by atoms with Gasteiger partial charge in [-0.3, -0.25) is 0 Å². The third-order valence-electron chi connectivity index (χ3n) is 1.82. The topological polar surface area (TPSA) is 41.7 Å². The minimum Gasteiger partial charge on any atom is -0.461 e. The van der Waals surface area contributed by atoms with Crippen LogP contribution in [0.25, 0.3) is 0 Å². The van der Waals surface area contributed by atoms with Crippen molar-refractivity contribution in [1.82, 2.24) is 0 Å². The first kappa shape index (κ1) is 9.89. The highest BCUT2D eigenvalue weighted by molar-refractivity contribution is 5.88. The summed E-state index contributed by atoms with van der Waals surface area (Å²) in [6, 6.07) is 1.03. The fraction of sp³-hybridized carbons (Fsp3) is 0.556. The summed E-state index contributed by atoms with van der Waals surface area (Å²) < 4.78 is 6.53. The van der Waals surface area contributed by atoms with Crippen LogP contribution < -0.4 is 0 Å². The lowest BCUT2D eigenvalue weighted by Gasteiger charge is -1.94. The van der Waals surface area contributed by atoms with Crippen LogP contribution in [0.3, 0.4) is 0 Å². The van der Waals surface area contributed by atoms with Gasteiger partial charge >= 0.3 is 5.97 Å². The Morgan fingerprint density at radius 2 is 2.31 bits per heavy atom. The smallest absolute Gasteiger partial charge is 0.363 e. The Morgan fingerprint density at radius 3 is 2.77 bits per heavy atom. The minimum absolute atomic E-state index is 0.349. The summed E-state index contributed by atoms with van der Waals surface area (Å²) in [6.07, 6.45) is 2.63. The third-order valence-corrected chi connectivity index (χ3v) is 1.82. The van der Waals surface area contributed by atoms with Gasteiger partial charge in [0.25, 0.3) is 6.04 Å². The molecule has 0 aromatic carbocycles. The van der Waals surface area contributed by atoms with E-state index in [1.807, 2.05) is 14.0 Å². The molecule has 0 fully saturated rings. The number of nitrogens with zero attached hydrogens (tertiary/aromatic N) is 2. The maximum absolute atomic E-state index is 11.2. The molecule has 1 heterocycles. The number of hydrogen-bond donors (Lipinski definition) is 0. The minimum atomic E-state index is -0.349. The van der Waals surface area contributed by atoms with Gasteiger partial charge in [-0.2, -0.15) is 0 Å². The number of hydrogen-bond acceptors (Lipinski definition) is 3. The van der Waals surface area contributed by atoms with Gasteiger partial charge in [-0.15, -0.1) is 4.70 Å². The van der Waals surface area contributed by atoms with Gasteiger partial charge in [0.1, 0.15) is 0 Å². The maximum atomic E-state index is 11.2. The predicted octanol–water partition coefficient (Wildman–Crippen LogP) is 1.48. The molecule has 0 saturated heterocycles. The van der Waals surface area contributed by atoms with Crippen molar-refractivity contribution < 1.29 is 14.2 Å². The summed E-state index contributed by atoms with van der Waals surface area (Å²) in [5, 5.41) is 4.04. The van der Waals surface area contributed by atoms with Gasteiger partial charge in [0.15, 0.2) is 7.05 Å². The molecular formula is C9H14N2O2+. The second-order valence-electron chi connectivity index (χ2n) is 2.72. The Kier molecular flexibility index (Phi) is 3.17. The average molecular weight is 182 g/mol. The number of carbonyl (C=O) groups excluding carboxylic acids is 1. The first-order chi connectivity index (χ1) is 6.19. The Bertz CT molecular complexity index is 269. The van der Waals surface area contributed by atoms with Crippen LogP contribution in [0.5, 0.6) is 0 Å². The molecule has 0 aromatic heterocycles. The van der Waals surface area contributed by atoms with Crippen molar-refractivity contribution in [2.24, 2.45) is 5.11 Å². The molecule has 1 rings (SSSR count). The zero-order chi connectivity index (χ0) is 9.84. The fourth-order valence-electron chi connectivity index (χ4n) is 1.14. The van der Waals surface area contributed by atoms with E-state index in [1.165, 1.54) is 0 Å². The van der Waals surface area contributed by atoms with E-state index < -0.39 is 0 Å². The zero-order valence-electron chi connectivity index (χ0n) is 8.20. The van der Waals surface area contributed by atoms with Gasteiger partial charge in [-0.05, 0) is 6.92 Å². The van der Waals surface area contributed by atoms with Gasteiger partial charge in [0.2, 0.25) is 5.70 Å². The van der Waals surface area contributed by atoms with Crippen molar-refractivity contribution in [2.45, 2.75) is 20.3 Å². The van der Waals surface area contributed by atoms with Crippen molar-refractivity contribution in [3.63, 3.8) is 0 Å². The molecule has 4 nitrogen and oxygen atoms in total. The van der Waals surface area contributed by atoms with Crippen molar-refractivity contribution in [2.75, 3.05) is 13.7 Å². The van der Waals surface area contributed by atoms with Crippen LogP contribution in [0, 0.1) is 6.04 Å². The van der Waals surface area contributed by atoms with Gasteiger partial charge in [0.05, 0.1) is 6.61 Å². The lowest BCUT2D eigenvalue weighted by atomic mass is 10.2. The van der Waals surface area contributed by atoms with E-state index >= 15 is 0 Å². The molecule has 0 amide bonds. The van der Waals surface area contributed by atoms with Crippen LogP contribution in [-0.4, -0.2) is 24.3 Å². The Morgan fingerprint density at radius 1 is 1.62 bits per heavy atom. The summed E-state index contributed by atoms with van der Waals surface area (Å²) in [6.45, 7) is 4.18. The van der Waals surface area contributed by atoms with Crippen molar-refractivity contribution in [1.29, 1.82) is 0 Å². The van der Waals surface area contributed by atoms with E-state index in [4.69, 9.17) is 4.74 Å². The Labute approximate surface area is 77.9 Å². The number of azo groups is 2. The predicted molar refractivity (Wildman–Crippen MR) is 46.9 cm³/mol. The van der Waals surface area contributed by atoms with Gasteiger partial charge in [0, 0.05) is 17.6 Å². The van der Waals surface area contributed by atoms with Crippen molar-refractivity contribution in [3.8, 4) is 0 Å². The molecule has 4 heteroatoms. The molecule has 1 aliphatic heterocycles. The lowest BCUT2D eigenvalue weighted by molar-refractivity contribution is -0.537. The first-order valence-corrected chi connectivity index (χ1v) is 4.39. The first-order valence-electron chi connectivity index (χ1n) is 4.39. The number of likely N-dealkylation sites (N-methyl/N-ethyl adjacent to an activating group) is 1. The van der Waals surface area contributed by atoms with Crippen LogP contribution >= 0.6 is 0 Å². The molecule has 0 unspecified atom stereocenters. The number of rotatable bonds is 3. The second-order valence-corrected chi connectivity index (χ2v) is 2.72. The number of carbonyl (C=O) groups is 1. The van der Waals surface area contributed by atoms with Gasteiger partial charge in [-0.25, -0.2) is 4.79 Å². The summed E-state index contributed by atoms with van der Waals surface area (Å²) in [5.41, 5.74) is 0.390. The molecule has 0 aromatic rings. The molecular weight excluding hydrogens is 168 g/mol. The number of ether oxygens (including phenoxy) is 1. The molecule has 0 saturated carbocycles. The monoisotopic (exact) mass is 182 g/mol. The molecule has 71 valence electrons. The van der Waals surface area contributed by atoms with Crippen LogP contribution in [-0.2, 0) is 9.53 Å². The average Bonchev–Trinajstić information content (AvgIpc) is 2.47. The van der Waals surface area contributed by atoms with E-state index in [0.29, 0.717) is 12.3 Å². The van der Waals surface area contributed by atoms with Crippen molar-refractivity contribution >= 4 is 5.97 Å². The van der Waals surface area contributed by atoms with E-state index in [0.717, 1.165) is 12.5 Å². The normalized spacial score (nSPS) is 16.8. The fourth-order valence-corrected chi connectivity index (χ4v) is 1.14. The van der Waals surface area contributed by atoms with Crippen LogP contribution in [0.4, 0.5) is 0 Å². The van der Waals surface area contributed by atoms with Crippen LogP contribution in [0.2, 0.25) is 0 Å². The molecule has 1 aliphatic rings. The summed E-state index contributed by atoms with van der Waals surface area (Å²) in [7, 11) is 1.82. The Hall–Kier alpha value is -1.19. The zero-order valence-corrected chi connectivity index (χ0v) is 8.20. The molecule has 0 N–H and O–H groups in total. The maximum Gasteiger partial charge on any atom is 0.363 e. The highest BCUT2D eigenvalue weighted by Crippen LogP contribution is 2.20. The molecule has 13 heavy (non-hydrogen) atoms. The van der Waals surface area contributed by atoms with Crippen LogP contribution in [0.1, 0.15) is 20.3 Å². The molecule has 0 bridgehead atoms. The van der Waals surface area contributed by atoms with Gasteiger partial charge < -0.3 is 4.74 Å². The summed E-state index contributed by atoms with van der Waals surface area (Å²) in [4.78, 5) is 11.2. The quantitative estimate of drug-likeness (QED) is 0.490. The molecule has 0 aliphatic carbocycles. The SMILES string of the molecule is CCOC(=O)C1=C[C](CC)[N+](C)=N1. The Balaban J connectivity index is 2.68. The van der Waals surface area contributed by atoms with E-state index in [9.17, 15) is 4.79 Å². The summed E-state index contributed by atoms with van der Waals surface area (Å²) in [5.74, 6) is -0.349. The highest BCUT2D eigenvalue weighted by atomic mass is 16.5. The third kappa shape index (κ3) is 2.14. The summed E-state index contributed by atoms with van der Waals surface area (Å²) >= 11 is 0. The lowest BCUT2D eigenvalue weighted by Crippen LogP contribution is -2.05. The second kappa shape index (κ2) is 4.16. The van der Waals surface area contributed by atoms with Crippen LogP contribution in [0.15, 0.2) is 16.9 Å². The van der Waals surface area contributed by atoms with E-state index in [2.05, 4.69) is 5.11 Å². The molecule has 1 radical (unpaired) electrons. The number of esters is 1. The largest absolute Gasteiger partial charge is 0.461 e.